The molecule has 0 aromatic carbocycles. The molecule has 3 nitrogen and oxygen atoms in total. The Hall–Kier alpha value is -0.410. The van der Waals surface area contributed by atoms with Crippen molar-refractivity contribution in [1.82, 2.24) is 9.47 Å². The van der Waals surface area contributed by atoms with E-state index in [0.29, 0.717) is 5.11 Å². The van der Waals surface area contributed by atoms with Crippen molar-refractivity contribution >= 4 is 61.6 Å². The number of aromatic nitrogens is 1. The standard InChI is InChI=1S/C10H11N3S5/c1-12(2)8(14)11-9-13(10(15)18-17-9)6-7-4-3-5-16-7/h3-5H,6H2,1-2H3. The van der Waals surface area contributed by atoms with Crippen molar-refractivity contribution in [3.63, 3.8) is 0 Å². The van der Waals surface area contributed by atoms with Crippen molar-refractivity contribution in [2.45, 2.75) is 6.54 Å². The van der Waals surface area contributed by atoms with Gasteiger partial charge >= 0.3 is 0 Å². The molecule has 0 bridgehead atoms. The highest BCUT2D eigenvalue weighted by atomic mass is 32.9. The van der Waals surface area contributed by atoms with E-state index in [0.717, 1.165) is 15.3 Å². The summed E-state index contributed by atoms with van der Waals surface area (Å²) in [7, 11) is 6.91. The summed E-state index contributed by atoms with van der Waals surface area (Å²) in [4.78, 5) is 8.40. The van der Waals surface area contributed by atoms with Crippen molar-refractivity contribution in [1.29, 1.82) is 0 Å². The minimum atomic E-state index is 0.568. The molecule has 2 aromatic heterocycles. The maximum atomic E-state index is 5.34. The van der Waals surface area contributed by atoms with Crippen LogP contribution in [0.2, 0.25) is 0 Å². The fourth-order valence-corrected chi connectivity index (χ4v) is 4.45. The number of rotatable bonds is 2. The van der Waals surface area contributed by atoms with E-state index in [1.807, 2.05) is 29.6 Å². The molecule has 2 aromatic rings. The summed E-state index contributed by atoms with van der Waals surface area (Å²) in [5, 5.41) is 2.63. The summed E-state index contributed by atoms with van der Waals surface area (Å²) in [5.74, 6) is 0. The topological polar surface area (TPSA) is 20.5 Å². The van der Waals surface area contributed by atoms with Crippen LogP contribution in [-0.4, -0.2) is 28.7 Å². The van der Waals surface area contributed by atoms with Crippen LogP contribution in [0.5, 0.6) is 0 Å². The zero-order valence-corrected chi connectivity index (χ0v) is 13.9. The molecule has 8 heteroatoms. The third-order valence-corrected chi connectivity index (χ3v) is 6.29. The fourth-order valence-electron chi connectivity index (χ4n) is 1.19. The zero-order chi connectivity index (χ0) is 13.1. The van der Waals surface area contributed by atoms with Crippen LogP contribution in [0.3, 0.4) is 0 Å². The summed E-state index contributed by atoms with van der Waals surface area (Å²) >= 11 is 12.3. The number of nitrogens with zero attached hydrogens (tertiary/aromatic N) is 3. The summed E-state index contributed by atoms with van der Waals surface area (Å²) in [6.07, 6.45) is 0. The highest BCUT2D eigenvalue weighted by molar-refractivity contribution is 7.80. The molecule has 18 heavy (non-hydrogen) atoms. The number of hydrogen-bond donors (Lipinski definition) is 0. The summed E-state index contributed by atoms with van der Waals surface area (Å²) in [6, 6.07) is 4.14. The van der Waals surface area contributed by atoms with Crippen LogP contribution >= 0.6 is 56.5 Å². The summed E-state index contributed by atoms with van der Waals surface area (Å²) in [5.41, 5.74) is 0. The molecule has 2 rings (SSSR count). The third kappa shape index (κ3) is 3.33. The molecule has 0 unspecified atom stereocenters. The summed E-state index contributed by atoms with van der Waals surface area (Å²) < 4.78 is 2.88. The van der Waals surface area contributed by atoms with Gasteiger partial charge in [0.1, 0.15) is 0 Å². The first-order valence-electron chi connectivity index (χ1n) is 5.06. The largest absolute Gasteiger partial charge is 0.353 e. The molecule has 0 radical (unpaired) electrons. The zero-order valence-electron chi connectivity index (χ0n) is 9.82. The average molecular weight is 334 g/mol. The van der Waals surface area contributed by atoms with Crippen LogP contribution in [0.15, 0.2) is 22.5 Å². The minimum absolute atomic E-state index is 0.568. The molecule has 0 saturated carbocycles. The predicted molar refractivity (Wildman–Crippen MR) is 86.3 cm³/mol. The van der Waals surface area contributed by atoms with Crippen LogP contribution in [0.4, 0.5) is 0 Å². The second-order valence-electron chi connectivity index (χ2n) is 3.67. The van der Waals surface area contributed by atoms with Crippen molar-refractivity contribution in [2.75, 3.05) is 14.1 Å². The van der Waals surface area contributed by atoms with Gasteiger partial charge in [-0.2, -0.15) is 4.99 Å². The Bertz CT molecular complexity index is 644. The maximum Gasteiger partial charge on any atom is 0.204 e. The normalized spacial score (nSPS) is 11.8. The Morgan fingerprint density at radius 3 is 2.83 bits per heavy atom. The Morgan fingerprint density at radius 2 is 2.22 bits per heavy atom. The van der Waals surface area contributed by atoms with E-state index in [-0.39, 0.29) is 0 Å². The van der Waals surface area contributed by atoms with Gasteiger partial charge in [-0.3, -0.25) is 4.57 Å². The predicted octanol–water partition coefficient (Wildman–Crippen LogP) is 3.20. The van der Waals surface area contributed by atoms with E-state index in [2.05, 4.69) is 16.4 Å². The molecule has 2 heterocycles. The molecular weight excluding hydrogens is 322 g/mol. The molecular formula is C10H11N3S5. The van der Waals surface area contributed by atoms with E-state index in [1.165, 1.54) is 4.88 Å². The van der Waals surface area contributed by atoms with Gasteiger partial charge < -0.3 is 4.90 Å². The fraction of sp³-hybridized carbons (Fsp3) is 0.300. The van der Waals surface area contributed by atoms with E-state index >= 15 is 0 Å². The number of thiophene rings is 1. The monoisotopic (exact) mass is 333 g/mol. The third-order valence-electron chi connectivity index (χ3n) is 2.11. The van der Waals surface area contributed by atoms with Gasteiger partial charge in [-0.05, 0) is 56.6 Å². The van der Waals surface area contributed by atoms with Gasteiger partial charge in [0.2, 0.25) is 4.80 Å². The second-order valence-corrected chi connectivity index (χ2v) is 7.80. The smallest absolute Gasteiger partial charge is 0.204 e. The quantitative estimate of drug-likeness (QED) is 0.622. The van der Waals surface area contributed by atoms with Gasteiger partial charge in [0.25, 0.3) is 0 Å². The molecule has 0 N–H and O–H groups in total. The van der Waals surface area contributed by atoms with Crippen LogP contribution in [-0.2, 0) is 6.54 Å². The van der Waals surface area contributed by atoms with Crippen LogP contribution in [0.25, 0.3) is 0 Å². The van der Waals surface area contributed by atoms with Crippen molar-refractivity contribution < 1.29 is 0 Å². The minimum Gasteiger partial charge on any atom is -0.353 e. The van der Waals surface area contributed by atoms with E-state index in [1.54, 1.807) is 32.0 Å². The molecule has 0 atom stereocenters. The van der Waals surface area contributed by atoms with Gasteiger partial charge in [-0.1, -0.05) is 6.07 Å². The van der Waals surface area contributed by atoms with Crippen LogP contribution in [0.1, 0.15) is 4.88 Å². The molecule has 0 saturated heterocycles. The number of hydrogen-bond acceptors (Lipinski definition) is 5. The van der Waals surface area contributed by atoms with E-state index in [9.17, 15) is 0 Å². The molecule has 96 valence electrons. The van der Waals surface area contributed by atoms with E-state index < -0.39 is 0 Å². The van der Waals surface area contributed by atoms with Crippen molar-refractivity contribution in [2.24, 2.45) is 4.99 Å². The first-order valence-corrected chi connectivity index (χ1v) is 8.91. The lowest BCUT2D eigenvalue weighted by atomic mass is 10.5. The van der Waals surface area contributed by atoms with Crippen LogP contribution < -0.4 is 4.80 Å². The first kappa shape index (κ1) is 14.0. The Balaban J connectivity index is 2.39. The van der Waals surface area contributed by atoms with Crippen LogP contribution in [0, 0.1) is 3.95 Å². The second kappa shape index (κ2) is 6.16. The van der Waals surface area contributed by atoms with Gasteiger partial charge in [0.15, 0.2) is 9.07 Å². The van der Waals surface area contributed by atoms with Gasteiger partial charge in [0, 0.05) is 19.0 Å². The molecule has 0 aliphatic rings. The van der Waals surface area contributed by atoms with Crippen molar-refractivity contribution in [3.8, 4) is 0 Å². The SMILES string of the molecule is CN(C)C(=S)N=c1ssc(=S)n1Cc1cccs1. The highest BCUT2D eigenvalue weighted by Crippen LogP contribution is 2.13. The van der Waals surface area contributed by atoms with Gasteiger partial charge in [-0.15, -0.1) is 11.3 Å². The lowest BCUT2D eigenvalue weighted by molar-refractivity contribution is 0.624. The van der Waals surface area contributed by atoms with Gasteiger partial charge in [0.05, 0.1) is 6.54 Å². The summed E-state index contributed by atoms with van der Waals surface area (Å²) in [6.45, 7) is 0.769. The molecule has 0 aliphatic heterocycles. The molecule has 0 amide bonds. The molecule has 0 spiro atoms. The lowest BCUT2D eigenvalue weighted by Crippen LogP contribution is -2.23. The molecule has 0 fully saturated rings. The maximum absolute atomic E-state index is 5.34. The Morgan fingerprint density at radius 1 is 1.44 bits per heavy atom. The Labute approximate surface area is 127 Å². The molecule has 0 aliphatic carbocycles. The van der Waals surface area contributed by atoms with E-state index in [4.69, 9.17) is 24.4 Å². The first-order chi connectivity index (χ1) is 8.58. The number of thiocarbonyl (C=S) groups is 1. The Kier molecular flexibility index (Phi) is 4.79. The van der Waals surface area contributed by atoms with Crippen molar-refractivity contribution in [3.05, 3.63) is 31.1 Å². The van der Waals surface area contributed by atoms with Gasteiger partial charge in [-0.25, -0.2) is 0 Å². The lowest BCUT2D eigenvalue weighted by Gasteiger charge is -2.07. The highest BCUT2D eigenvalue weighted by Gasteiger charge is 2.04. The average Bonchev–Trinajstić information content (AvgIpc) is 2.93.